The van der Waals surface area contributed by atoms with E-state index in [0.717, 1.165) is 26.2 Å². The highest BCUT2D eigenvalue weighted by molar-refractivity contribution is 5.09. The van der Waals surface area contributed by atoms with Crippen LogP contribution < -0.4 is 5.32 Å². The molecule has 0 radical (unpaired) electrons. The summed E-state index contributed by atoms with van der Waals surface area (Å²) in [7, 11) is 0. The summed E-state index contributed by atoms with van der Waals surface area (Å²) in [5.41, 5.74) is 1.34. The van der Waals surface area contributed by atoms with Crippen molar-refractivity contribution in [2.75, 3.05) is 19.8 Å². The largest absolute Gasteiger partial charge is 0.381 e. The van der Waals surface area contributed by atoms with Crippen LogP contribution in [0.4, 0.5) is 0 Å². The molecule has 2 heterocycles. The molecule has 1 aliphatic heterocycles. The van der Waals surface area contributed by atoms with Gasteiger partial charge in [0.05, 0.1) is 6.61 Å². The van der Waals surface area contributed by atoms with Crippen LogP contribution in [0.5, 0.6) is 0 Å². The van der Waals surface area contributed by atoms with Gasteiger partial charge in [0, 0.05) is 25.0 Å². The minimum absolute atomic E-state index is 0.560. The van der Waals surface area contributed by atoms with E-state index in [1.807, 2.05) is 12.4 Å². The van der Waals surface area contributed by atoms with E-state index >= 15 is 0 Å². The Hall–Kier alpha value is -0.930. The smallest absolute Gasteiger partial charge is 0.0509 e. The lowest BCUT2D eigenvalue weighted by Crippen LogP contribution is -2.35. The molecular weight excluding hydrogens is 200 g/mol. The van der Waals surface area contributed by atoms with Crippen LogP contribution >= 0.6 is 0 Å². The molecule has 2 atom stereocenters. The van der Waals surface area contributed by atoms with E-state index in [2.05, 4.69) is 29.4 Å². The van der Waals surface area contributed by atoms with E-state index in [0.29, 0.717) is 12.0 Å². The van der Waals surface area contributed by atoms with Crippen LogP contribution in [0.25, 0.3) is 0 Å². The van der Waals surface area contributed by atoms with Crippen LogP contribution in [0.3, 0.4) is 0 Å². The molecule has 0 aliphatic carbocycles. The number of nitrogens with zero attached hydrogens (tertiary/aromatic N) is 1. The summed E-state index contributed by atoms with van der Waals surface area (Å²) in [4.78, 5) is 4.01. The Bertz CT molecular complexity index is 296. The zero-order chi connectivity index (χ0) is 11.2. The van der Waals surface area contributed by atoms with Gasteiger partial charge >= 0.3 is 0 Å². The topological polar surface area (TPSA) is 34.2 Å². The summed E-state index contributed by atoms with van der Waals surface area (Å²) in [6.07, 6.45) is 5.97. The lowest BCUT2D eigenvalue weighted by atomic mass is 10.0. The van der Waals surface area contributed by atoms with E-state index in [9.17, 15) is 0 Å². The Morgan fingerprint density at radius 2 is 2.31 bits per heavy atom. The van der Waals surface area contributed by atoms with Crippen molar-refractivity contribution in [1.29, 1.82) is 0 Å². The third-order valence-corrected chi connectivity index (χ3v) is 3.30. The second-order valence-electron chi connectivity index (χ2n) is 4.47. The highest BCUT2D eigenvalue weighted by Gasteiger charge is 2.21. The minimum atomic E-state index is 0.560. The van der Waals surface area contributed by atoms with Crippen LogP contribution in [0.1, 0.15) is 18.9 Å². The van der Waals surface area contributed by atoms with Crippen molar-refractivity contribution in [3.8, 4) is 0 Å². The van der Waals surface area contributed by atoms with Gasteiger partial charge in [0.1, 0.15) is 0 Å². The van der Waals surface area contributed by atoms with Crippen molar-refractivity contribution < 1.29 is 4.74 Å². The molecule has 16 heavy (non-hydrogen) atoms. The molecule has 88 valence electrons. The average Bonchev–Trinajstić information content (AvgIpc) is 2.84. The molecule has 2 unspecified atom stereocenters. The van der Waals surface area contributed by atoms with Gasteiger partial charge in [-0.15, -0.1) is 0 Å². The first kappa shape index (κ1) is 11.6. The van der Waals surface area contributed by atoms with Crippen molar-refractivity contribution in [3.05, 3.63) is 30.1 Å². The third-order valence-electron chi connectivity index (χ3n) is 3.30. The molecule has 0 bridgehead atoms. The number of rotatable bonds is 5. The second kappa shape index (κ2) is 5.97. The van der Waals surface area contributed by atoms with Gasteiger partial charge in [-0.2, -0.15) is 0 Å². The second-order valence-corrected chi connectivity index (χ2v) is 4.47. The molecular formula is C13H20N2O. The molecule has 1 aliphatic rings. The molecule has 1 fully saturated rings. The summed E-state index contributed by atoms with van der Waals surface area (Å²) in [5, 5.41) is 3.57. The molecule has 1 aromatic heterocycles. The van der Waals surface area contributed by atoms with Gasteiger partial charge in [-0.3, -0.25) is 4.98 Å². The summed E-state index contributed by atoms with van der Waals surface area (Å²) < 4.78 is 5.39. The number of nitrogens with one attached hydrogen (secondary N) is 1. The molecule has 0 spiro atoms. The summed E-state index contributed by atoms with van der Waals surface area (Å²) >= 11 is 0. The fraction of sp³-hybridized carbons (Fsp3) is 0.615. The van der Waals surface area contributed by atoms with Gasteiger partial charge in [0.2, 0.25) is 0 Å². The third kappa shape index (κ3) is 3.29. The van der Waals surface area contributed by atoms with E-state index in [-0.39, 0.29) is 0 Å². The SMILES string of the molecule is CC(NCCc1ccncc1)C1CCOC1. The standard InChI is InChI=1S/C13H20N2O/c1-11(13-5-9-16-10-13)15-8-4-12-2-6-14-7-3-12/h2-3,6-7,11,13,15H,4-5,8-10H2,1H3. The molecule has 2 rings (SSSR count). The van der Waals surface area contributed by atoms with E-state index in [4.69, 9.17) is 4.74 Å². The number of hydrogen-bond donors (Lipinski definition) is 1. The Morgan fingerprint density at radius 1 is 1.50 bits per heavy atom. The predicted molar refractivity (Wildman–Crippen MR) is 64.3 cm³/mol. The molecule has 0 saturated carbocycles. The van der Waals surface area contributed by atoms with Gasteiger partial charge < -0.3 is 10.1 Å². The van der Waals surface area contributed by atoms with Crippen LogP contribution in [-0.4, -0.2) is 30.8 Å². The molecule has 3 nitrogen and oxygen atoms in total. The lowest BCUT2D eigenvalue weighted by molar-refractivity contribution is 0.178. The van der Waals surface area contributed by atoms with E-state index in [1.165, 1.54) is 12.0 Å². The molecule has 0 aromatic carbocycles. The van der Waals surface area contributed by atoms with Gasteiger partial charge in [-0.25, -0.2) is 0 Å². The quantitative estimate of drug-likeness (QED) is 0.819. The number of hydrogen-bond acceptors (Lipinski definition) is 3. The van der Waals surface area contributed by atoms with Crippen LogP contribution in [0.2, 0.25) is 0 Å². The van der Waals surface area contributed by atoms with Crippen molar-refractivity contribution >= 4 is 0 Å². The highest BCUT2D eigenvalue weighted by Crippen LogP contribution is 2.16. The summed E-state index contributed by atoms with van der Waals surface area (Å²) in [6.45, 7) is 5.14. The molecule has 1 aromatic rings. The van der Waals surface area contributed by atoms with E-state index < -0.39 is 0 Å². The van der Waals surface area contributed by atoms with Crippen LogP contribution in [0, 0.1) is 5.92 Å². The van der Waals surface area contributed by atoms with Crippen LogP contribution in [0.15, 0.2) is 24.5 Å². The maximum Gasteiger partial charge on any atom is 0.0509 e. The van der Waals surface area contributed by atoms with Crippen molar-refractivity contribution in [3.63, 3.8) is 0 Å². The Kier molecular flexibility index (Phi) is 4.31. The zero-order valence-corrected chi connectivity index (χ0v) is 9.86. The van der Waals surface area contributed by atoms with Crippen LogP contribution in [-0.2, 0) is 11.2 Å². The van der Waals surface area contributed by atoms with Gasteiger partial charge in [0.15, 0.2) is 0 Å². The molecule has 3 heteroatoms. The number of aromatic nitrogens is 1. The van der Waals surface area contributed by atoms with Gasteiger partial charge in [0.25, 0.3) is 0 Å². The van der Waals surface area contributed by atoms with Gasteiger partial charge in [-0.1, -0.05) is 0 Å². The number of ether oxygens (including phenoxy) is 1. The minimum Gasteiger partial charge on any atom is -0.381 e. The molecule has 0 amide bonds. The first-order valence-corrected chi connectivity index (χ1v) is 6.06. The maximum absolute atomic E-state index is 5.39. The Labute approximate surface area is 97.2 Å². The van der Waals surface area contributed by atoms with Crippen molar-refractivity contribution in [2.24, 2.45) is 5.92 Å². The summed E-state index contributed by atoms with van der Waals surface area (Å²) in [5.74, 6) is 0.692. The zero-order valence-electron chi connectivity index (χ0n) is 9.86. The maximum atomic E-state index is 5.39. The average molecular weight is 220 g/mol. The monoisotopic (exact) mass is 220 g/mol. The number of pyridine rings is 1. The fourth-order valence-electron chi connectivity index (χ4n) is 2.11. The Balaban J connectivity index is 1.67. The molecule has 1 saturated heterocycles. The van der Waals surface area contributed by atoms with Gasteiger partial charge in [-0.05, 0) is 49.9 Å². The first-order chi connectivity index (χ1) is 7.86. The lowest BCUT2D eigenvalue weighted by Gasteiger charge is -2.19. The molecule has 1 N–H and O–H groups in total. The van der Waals surface area contributed by atoms with Crippen molar-refractivity contribution in [2.45, 2.75) is 25.8 Å². The van der Waals surface area contributed by atoms with Crippen molar-refractivity contribution in [1.82, 2.24) is 10.3 Å². The fourth-order valence-corrected chi connectivity index (χ4v) is 2.11. The highest BCUT2D eigenvalue weighted by atomic mass is 16.5. The first-order valence-electron chi connectivity index (χ1n) is 6.06. The predicted octanol–water partition coefficient (Wildman–Crippen LogP) is 1.64. The van der Waals surface area contributed by atoms with E-state index in [1.54, 1.807) is 0 Å². The Morgan fingerprint density at radius 3 is 3.00 bits per heavy atom. The normalized spacial score (nSPS) is 22.2. The summed E-state index contributed by atoms with van der Waals surface area (Å²) in [6, 6.07) is 4.71.